The summed E-state index contributed by atoms with van der Waals surface area (Å²) in [6.45, 7) is 0. The topological polar surface area (TPSA) is 40.1 Å². The van der Waals surface area contributed by atoms with Gasteiger partial charge in [-0.25, -0.2) is 0 Å². The first kappa shape index (κ1) is 11.1. The molecule has 0 aromatic carbocycles. The zero-order valence-corrected chi connectivity index (χ0v) is 6.78. The van der Waals surface area contributed by atoms with Crippen LogP contribution in [0.25, 0.3) is 0 Å². The van der Waals surface area contributed by atoms with Crippen molar-refractivity contribution in [3.05, 3.63) is 0 Å². The molecule has 7 heteroatoms. The molecule has 0 aliphatic carbocycles. The molecule has 0 heterocycles. The zero-order chi connectivity index (χ0) is 6.28. The van der Waals surface area contributed by atoms with Crippen molar-refractivity contribution in [2.24, 2.45) is 0 Å². The maximum absolute atomic E-state index is 9.09. The molecule has 0 spiro atoms. The van der Waals surface area contributed by atoms with E-state index in [1.54, 1.807) is 0 Å². The molecular formula is Cl3O2PS. The molecule has 0 bridgehead atoms. The van der Waals surface area contributed by atoms with Crippen LogP contribution in [0.3, 0.4) is 0 Å². The van der Waals surface area contributed by atoms with Gasteiger partial charge in [-0.2, -0.15) is 0 Å². The fraction of sp³-hybridized carbons (Fsp3) is 0. The third kappa shape index (κ3) is 124. The Morgan fingerprint density at radius 3 is 1.57 bits per heavy atom. The van der Waals surface area contributed by atoms with Crippen LogP contribution in [-0.4, -0.2) is 4.55 Å². The highest BCUT2D eigenvalue weighted by molar-refractivity contribution is 8.31. The van der Waals surface area contributed by atoms with Gasteiger partial charge >= 0.3 is 0 Å². The molecule has 0 aromatic heterocycles. The summed E-state index contributed by atoms with van der Waals surface area (Å²) in [7, 11) is 7.00. The van der Waals surface area contributed by atoms with Crippen LogP contribution in [0, 0.1) is 0 Å². The summed E-state index contributed by atoms with van der Waals surface area (Å²) < 4.78 is 17.8. The third-order valence-electron chi connectivity index (χ3n) is 0. The second-order valence-corrected chi connectivity index (χ2v) is 3.33. The van der Waals surface area contributed by atoms with E-state index < -0.39 is 9.60 Å². The Kier molecular flexibility index (Phi) is 16.4. The van der Waals surface area contributed by atoms with Crippen LogP contribution < -0.4 is 0 Å². The first-order valence-corrected chi connectivity index (χ1v) is 5.35. The Hall–Kier alpha value is 1.28. The summed E-state index contributed by atoms with van der Waals surface area (Å²) >= 11 is 4.42. The molecule has 0 saturated carbocycles. The van der Waals surface area contributed by atoms with E-state index in [4.69, 9.17) is 9.12 Å². The van der Waals surface area contributed by atoms with Gasteiger partial charge in [-0.3, -0.25) is 4.57 Å². The largest absolute Gasteiger partial charge is 0.582 e. The highest BCUT2D eigenvalue weighted by atomic mass is 36.0. The van der Waals surface area contributed by atoms with Gasteiger partial charge in [0.05, 0.1) is 0 Å². The van der Waals surface area contributed by atoms with Crippen molar-refractivity contribution in [1.29, 1.82) is 0 Å². The van der Waals surface area contributed by atoms with Crippen molar-refractivity contribution in [2.45, 2.75) is 0 Å². The minimum Gasteiger partial charge on any atom is -0.582 e. The summed E-state index contributed by atoms with van der Waals surface area (Å²) in [4.78, 5) is 0. The number of rotatable bonds is 0. The Bertz CT molecular complexity index is 37.2. The van der Waals surface area contributed by atoms with Gasteiger partial charge in [-0.15, -0.1) is 0 Å². The second-order valence-electron chi connectivity index (χ2n) is 0.253. The summed E-state index contributed by atoms with van der Waals surface area (Å²) in [6, 6.07) is 0. The first-order valence-electron chi connectivity index (χ1n) is 0.827. The van der Waals surface area contributed by atoms with Crippen molar-refractivity contribution < 1.29 is 9.12 Å². The van der Waals surface area contributed by atoms with E-state index in [9.17, 15) is 0 Å². The van der Waals surface area contributed by atoms with Crippen LogP contribution in [0.4, 0.5) is 0 Å². The monoisotopic (exact) mass is 200 g/mol. The van der Waals surface area contributed by atoms with Gasteiger partial charge < -0.3 is 4.55 Å². The molecule has 0 aliphatic rings. The van der Waals surface area contributed by atoms with Crippen molar-refractivity contribution in [3.8, 4) is 0 Å². The van der Waals surface area contributed by atoms with Gasteiger partial charge in [-0.05, 0) is 11.2 Å². The molecule has 0 fully saturated rings. The molecule has 0 aromatic rings. The molecular weight excluding hydrogens is 201 g/mol. The number of hydrogen-bond acceptors (Lipinski definition) is 2. The van der Waals surface area contributed by atoms with Gasteiger partial charge in [-0.1, -0.05) is 0 Å². The quantitative estimate of drug-likeness (QED) is 0.446. The van der Waals surface area contributed by atoms with Gasteiger partial charge in [0.1, 0.15) is 0 Å². The predicted octanol–water partition coefficient (Wildman–Crippen LogP) is 2.47. The minimum atomic E-state index is -1.67. The Labute approximate surface area is 59.3 Å². The van der Waals surface area contributed by atoms with Gasteiger partial charge in [0, 0.05) is 0 Å². The highest BCUT2D eigenvalue weighted by Gasteiger charge is 1.83. The van der Waals surface area contributed by atoms with Crippen LogP contribution in [0.2, 0.25) is 0 Å². The van der Waals surface area contributed by atoms with Gasteiger partial charge in [0.15, 0.2) is 31.0 Å². The Morgan fingerprint density at radius 2 is 1.57 bits per heavy atom. The SMILES string of the molecule is O=PCl.[O-][S+](Cl)Cl. The van der Waals surface area contributed by atoms with E-state index in [2.05, 4.69) is 32.6 Å². The van der Waals surface area contributed by atoms with Gasteiger partial charge in [0.2, 0.25) is 0 Å². The third-order valence-corrected chi connectivity index (χ3v) is 0. The average molecular weight is 201 g/mol. The average Bonchev–Trinajstić information content (AvgIpc) is 1.33. The van der Waals surface area contributed by atoms with Crippen molar-refractivity contribution in [2.75, 3.05) is 0 Å². The number of hydrogen-bond donors (Lipinski definition) is 0. The molecule has 0 atom stereocenters. The maximum Gasteiger partial charge on any atom is 0.267 e. The van der Waals surface area contributed by atoms with Crippen LogP contribution in [-0.2, 0) is 14.2 Å². The van der Waals surface area contributed by atoms with Gasteiger partial charge in [0.25, 0.3) is 7.81 Å². The predicted molar refractivity (Wildman–Crippen MR) is 33.3 cm³/mol. The van der Waals surface area contributed by atoms with E-state index in [-0.39, 0.29) is 7.81 Å². The first-order chi connectivity index (χ1) is 3.15. The molecule has 0 unspecified atom stereocenters. The lowest BCUT2D eigenvalue weighted by molar-refractivity contribution is 0.605. The second kappa shape index (κ2) is 10.3. The van der Waals surface area contributed by atoms with Crippen LogP contribution in [0.15, 0.2) is 0 Å². The Balaban J connectivity index is 0. The van der Waals surface area contributed by atoms with Crippen LogP contribution in [0.1, 0.15) is 0 Å². The standard InChI is InChI=1S/Cl2OS.ClOP/c1-4(2)3;1-3-2. The van der Waals surface area contributed by atoms with Crippen molar-refractivity contribution in [3.63, 3.8) is 0 Å². The van der Waals surface area contributed by atoms with Crippen LogP contribution >= 0.6 is 40.4 Å². The van der Waals surface area contributed by atoms with E-state index in [0.717, 1.165) is 0 Å². The lowest BCUT2D eigenvalue weighted by Crippen LogP contribution is -1.63. The number of halogens is 3. The molecule has 0 saturated heterocycles. The van der Waals surface area contributed by atoms with Crippen molar-refractivity contribution >= 4 is 50.0 Å². The smallest absolute Gasteiger partial charge is 0.267 e. The molecule has 0 aliphatic heterocycles. The molecule has 0 amide bonds. The van der Waals surface area contributed by atoms with Crippen LogP contribution in [0.5, 0.6) is 0 Å². The zero-order valence-electron chi connectivity index (χ0n) is 2.81. The highest BCUT2D eigenvalue weighted by Crippen LogP contribution is 1.98. The summed E-state index contributed by atoms with van der Waals surface area (Å²) in [5.41, 5.74) is 0. The molecule has 2 nitrogen and oxygen atoms in total. The fourth-order valence-electron chi connectivity index (χ4n) is 0. The lowest BCUT2D eigenvalue weighted by atomic mass is 15.9. The van der Waals surface area contributed by atoms with E-state index in [1.165, 1.54) is 0 Å². The minimum absolute atomic E-state index is 0.361. The maximum atomic E-state index is 9.09. The molecule has 0 rings (SSSR count). The summed E-state index contributed by atoms with van der Waals surface area (Å²) in [5, 5.41) is 0. The summed E-state index contributed by atoms with van der Waals surface area (Å²) in [5.74, 6) is 0. The summed E-state index contributed by atoms with van der Waals surface area (Å²) in [6.07, 6.45) is 0. The van der Waals surface area contributed by atoms with E-state index in [1.807, 2.05) is 0 Å². The lowest BCUT2D eigenvalue weighted by Gasteiger charge is -1.73. The molecule has 44 valence electrons. The normalized spacial score (nSPS) is 8.14. The molecule has 0 radical (unpaired) electrons. The van der Waals surface area contributed by atoms with Crippen molar-refractivity contribution in [1.82, 2.24) is 0 Å². The molecule has 7 heavy (non-hydrogen) atoms. The fourth-order valence-corrected chi connectivity index (χ4v) is 0. The van der Waals surface area contributed by atoms with E-state index in [0.29, 0.717) is 0 Å². The van der Waals surface area contributed by atoms with E-state index >= 15 is 0 Å². The Morgan fingerprint density at radius 1 is 1.57 bits per heavy atom. The molecule has 0 N–H and O–H groups in total.